The molecule has 0 unspecified atom stereocenters. The summed E-state index contributed by atoms with van der Waals surface area (Å²) in [6.45, 7) is 0. The first-order valence-electron chi connectivity index (χ1n) is 7.39. The summed E-state index contributed by atoms with van der Waals surface area (Å²) in [4.78, 5) is 18.5. The van der Waals surface area contributed by atoms with Gasteiger partial charge in [-0.05, 0) is 30.3 Å². The molecule has 5 rings (SSSR count). The molecular formula is C19H12N2O2. The van der Waals surface area contributed by atoms with Crippen molar-refractivity contribution in [1.29, 1.82) is 0 Å². The van der Waals surface area contributed by atoms with Gasteiger partial charge in [0.15, 0.2) is 6.29 Å². The number of carbonyl (C=O) groups is 1. The van der Waals surface area contributed by atoms with E-state index in [1.54, 1.807) is 12.1 Å². The first kappa shape index (κ1) is 12.3. The van der Waals surface area contributed by atoms with Crippen LogP contribution >= 0.6 is 0 Å². The summed E-state index contributed by atoms with van der Waals surface area (Å²) in [6, 6.07) is 15.2. The van der Waals surface area contributed by atoms with E-state index in [1.165, 1.54) is 0 Å². The number of benzene rings is 3. The Hall–Kier alpha value is -3.27. The lowest BCUT2D eigenvalue weighted by Gasteiger charge is -2.00. The first-order chi connectivity index (χ1) is 11.3. The number of phenols is 1. The van der Waals surface area contributed by atoms with Crippen molar-refractivity contribution >= 4 is 49.9 Å². The second-order valence-corrected chi connectivity index (χ2v) is 5.78. The highest BCUT2D eigenvalue weighted by Crippen LogP contribution is 2.36. The Morgan fingerprint density at radius 1 is 0.826 bits per heavy atom. The molecule has 110 valence electrons. The third-order valence-electron chi connectivity index (χ3n) is 4.50. The second-order valence-electron chi connectivity index (χ2n) is 5.78. The Morgan fingerprint density at radius 2 is 1.65 bits per heavy atom. The van der Waals surface area contributed by atoms with Gasteiger partial charge in [-0.1, -0.05) is 18.2 Å². The molecule has 0 atom stereocenters. The number of hydrogen-bond acceptors (Lipinski definition) is 2. The van der Waals surface area contributed by atoms with Gasteiger partial charge in [-0.25, -0.2) is 0 Å². The molecule has 0 saturated heterocycles. The summed E-state index contributed by atoms with van der Waals surface area (Å²) >= 11 is 0. The zero-order valence-corrected chi connectivity index (χ0v) is 12.1. The Bertz CT molecular complexity index is 1240. The van der Waals surface area contributed by atoms with E-state index in [0.29, 0.717) is 5.56 Å². The minimum Gasteiger partial charge on any atom is -0.508 e. The number of carbonyl (C=O) groups excluding carboxylic acids is 1. The van der Waals surface area contributed by atoms with Crippen LogP contribution in [-0.4, -0.2) is 21.4 Å². The number of aldehydes is 1. The van der Waals surface area contributed by atoms with E-state index in [1.807, 2.05) is 30.3 Å². The summed E-state index contributed by atoms with van der Waals surface area (Å²) in [7, 11) is 0. The largest absolute Gasteiger partial charge is 0.508 e. The molecule has 5 aromatic rings. The minimum atomic E-state index is 0.187. The second kappa shape index (κ2) is 4.14. The maximum absolute atomic E-state index is 11.8. The van der Waals surface area contributed by atoms with Crippen molar-refractivity contribution < 1.29 is 9.90 Å². The molecule has 0 fully saturated rings. The minimum absolute atomic E-state index is 0.187. The highest BCUT2D eigenvalue weighted by atomic mass is 16.3. The number of hydrogen-bond donors (Lipinski definition) is 3. The quantitative estimate of drug-likeness (QED) is 0.400. The van der Waals surface area contributed by atoms with Gasteiger partial charge in [-0.15, -0.1) is 0 Å². The number of phenolic OH excluding ortho intramolecular Hbond substituents is 1. The van der Waals surface area contributed by atoms with Gasteiger partial charge < -0.3 is 15.1 Å². The van der Waals surface area contributed by atoms with E-state index in [4.69, 9.17) is 0 Å². The van der Waals surface area contributed by atoms with Crippen LogP contribution in [0.25, 0.3) is 43.6 Å². The Labute approximate surface area is 130 Å². The normalized spacial score (nSPS) is 11.8. The molecule has 4 nitrogen and oxygen atoms in total. The van der Waals surface area contributed by atoms with Crippen molar-refractivity contribution in [2.75, 3.05) is 0 Å². The molecule has 0 aliphatic rings. The van der Waals surface area contributed by atoms with Gasteiger partial charge in [-0.3, -0.25) is 4.79 Å². The standard InChI is InChI=1S/C19H12N2O2/c22-9-14-18-13-7-10(23)5-6-16(13)20-17(18)8-12-11-3-1-2-4-15(11)21-19(12)14/h1-9,20-21,23H. The van der Waals surface area contributed by atoms with E-state index < -0.39 is 0 Å². The van der Waals surface area contributed by atoms with Crippen LogP contribution in [0.3, 0.4) is 0 Å². The molecule has 2 aromatic heterocycles. The van der Waals surface area contributed by atoms with Crippen LogP contribution in [0.15, 0.2) is 48.5 Å². The Balaban J connectivity index is 2.10. The molecule has 0 aliphatic heterocycles. The zero-order valence-electron chi connectivity index (χ0n) is 12.1. The number of rotatable bonds is 1. The van der Waals surface area contributed by atoms with E-state index in [2.05, 4.69) is 16.0 Å². The molecule has 4 heteroatoms. The Kier molecular flexibility index (Phi) is 2.21. The lowest BCUT2D eigenvalue weighted by molar-refractivity contribution is 0.112. The van der Waals surface area contributed by atoms with Crippen LogP contribution in [0.4, 0.5) is 0 Å². The van der Waals surface area contributed by atoms with E-state index >= 15 is 0 Å². The molecule has 0 amide bonds. The number of aromatic amines is 2. The molecular weight excluding hydrogens is 288 g/mol. The lowest BCUT2D eigenvalue weighted by atomic mass is 10.0. The molecule has 0 saturated carbocycles. The topological polar surface area (TPSA) is 68.9 Å². The van der Waals surface area contributed by atoms with Crippen molar-refractivity contribution in [1.82, 2.24) is 9.97 Å². The summed E-state index contributed by atoms with van der Waals surface area (Å²) in [5, 5.41) is 13.6. The molecule has 3 N–H and O–H groups in total. The maximum atomic E-state index is 11.8. The number of para-hydroxylation sites is 1. The van der Waals surface area contributed by atoms with E-state index in [-0.39, 0.29) is 5.75 Å². The molecule has 23 heavy (non-hydrogen) atoms. The predicted octanol–water partition coefficient (Wildman–Crippen LogP) is 4.47. The van der Waals surface area contributed by atoms with Gasteiger partial charge in [0.2, 0.25) is 0 Å². The van der Waals surface area contributed by atoms with Crippen LogP contribution in [0.1, 0.15) is 10.4 Å². The maximum Gasteiger partial charge on any atom is 0.152 e. The van der Waals surface area contributed by atoms with Gasteiger partial charge in [-0.2, -0.15) is 0 Å². The van der Waals surface area contributed by atoms with Crippen molar-refractivity contribution in [3.63, 3.8) is 0 Å². The summed E-state index contributed by atoms with van der Waals surface area (Å²) in [5.74, 6) is 0.187. The van der Waals surface area contributed by atoms with E-state index in [0.717, 1.165) is 49.9 Å². The molecule has 3 aromatic carbocycles. The fraction of sp³-hybridized carbons (Fsp3) is 0. The number of nitrogens with one attached hydrogen (secondary N) is 2. The monoisotopic (exact) mass is 300 g/mol. The van der Waals surface area contributed by atoms with Crippen molar-refractivity contribution in [3.8, 4) is 5.75 Å². The van der Waals surface area contributed by atoms with Crippen LogP contribution in [0.2, 0.25) is 0 Å². The number of fused-ring (bicyclic) bond motifs is 6. The average molecular weight is 300 g/mol. The van der Waals surface area contributed by atoms with Crippen molar-refractivity contribution in [2.24, 2.45) is 0 Å². The molecule has 0 aliphatic carbocycles. The van der Waals surface area contributed by atoms with Crippen LogP contribution in [-0.2, 0) is 0 Å². The molecule has 2 heterocycles. The summed E-state index contributed by atoms with van der Waals surface area (Å²) in [6.07, 6.45) is 0.886. The van der Waals surface area contributed by atoms with Crippen molar-refractivity contribution in [2.45, 2.75) is 0 Å². The fourth-order valence-corrected chi connectivity index (χ4v) is 3.51. The Morgan fingerprint density at radius 3 is 2.52 bits per heavy atom. The number of H-pyrrole nitrogens is 2. The first-order valence-corrected chi connectivity index (χ1v) is 7.39. The highest BCUT2D eigenvalue weighted by molar-refractivity contribution is 6.24. The van der Waals surface area contributed by atoms with Gasteiger partial charge in [0.05, 0.1) is 5.52 Å². The smallest absolute Gasteiger partial charge is 0.152 e. The van der Waals surface area contributed by atoms with Crippen LogP contribution < -0.4 is 0 Å². The SMILES string of the molecule is O=Cc1c2[nH]c3ccccc3c2cc2[nH]c3ccc(O)cc3c12. The molecule has 0 spiro atoms. The number of aromatic nitrogens is 2. The average Bonchev–Trinajstić information content (AvgIpc) is 3.10. The van der Waals surface area contributed by atoms with Crippen molar-refractivity contribution in [3.05, 3.63) is 54.1 Å². The predicted molar refractivity (Wildman–Crippen MR) is 92.2 cm³/mol. The molecule has 0 radical (unpaired) electrons. The van der Waals surface area contributed by atoms with Gasteiger partial charge in [0.1, 0.15) is 5.75 Å². The summed E-state index contributed by atoms with van der Waals surface area (Å²) in [5.41, 5.74) is 4.25. The summed E-state index contributed by atoms with van der Waals surface area (Å²) < 4.78 is 0. The van der Waals surface area contributed by atoms with Gasteiger partial charge in [0, 0.05) is 43.7 Å². The zero-order chi connectivity index (χ0) is 15.6. The van der Waals surface area contributed by atoms with Crippen LogP contribution in [0, 0.1) is 0 Å². The fourth-order valence-electron chi connectivity index (χ4n) is 3.51. The van der Waals surface area contributed by atoms with E-state index in [9.17, 15) is 9.90 Å². The molecule has 0 bridgehead atoms. The number of aromatic hydroxyl groups is 1. The third kappa shape index (κ3) is 1.52. The third-order valence-corrected chi connectivity index (χ3v) is 4.50. The van der Waals surface area contributed by atoms with Gasteiger partial charge >= 0.3 is 0 Å². The van der Waals surface area contributed by atoms with Gasteiger partial charge in [0.25, 0.3) is 0 Å². The van der Waals surface area contributed by atoms with Crippen LogP contribution in [0.5, 0.6) is 5.75 Å². The highest BCUT2D eigenvalue weighted by Gasteiger charge is 2.16. The lowest BCUT2D eigenvalue weighted by Crippen LogP contribution is -1.85.